The minimum absolute atomic E-state index is 0.397. The van der Waals surface area contributed by atoms with E-state index in [1.807, 2.05) is 0 Å². The van der Waals surface area contributed by atoms with Crippen molar-refractivity contribution in [2.45, 2.75) is 123 Å². The summed E-state index contributed by atoms with van der Waals surface area (Å²) in [5.41, 5.74) is 1.79. The molecule has 0 aromatic heterocycles. The van der Waals surface area contributed by atoms with Gasteiger partial charge in [-0.25, -0.2) is 0 Å². The Morgan fingerprint density at radius 2 is 0.967 bits per heavy atom. The van der Waals surface area contributed by atoms with Gasteiger partial charge < -0.3 is 0 Å². The average molecular weight is 419 g/mol. The molecule has 6 atom stereocenters. The molecule has 1 fully saturated rings. The lowest BCUT2D eigenvalue weighted by Gasteiger charge is -2.48. The van der Waals surface area contributed by atoms with E-state index in [0.29, 0.717) is 21.7 Å². The Morgan fingerprint density at radius 3 is 1.37 bits per heavy atom. The van der Waals surface area contributed by atoms with E-state index < -0.39 is 0 Å². The molecule has 0 radical (unpaired) electrons. The molecule has 0 spiro atoms. The van der Waals surface area contributed by atoms with Crippen molar-refractivity contribution in [1.82, 2.24) is 0 Å². The van der Waals surface area contributed by atoms with Crippen molar-refractivity contribution in [3.8, 4) is 0 Å². The third kappa shape index (κ3) is 8.02. The highest BCUT2D eigenvalue weighted by Gasteiger charge is 2.42. The minimum Gasteiger partial charge on any atom is -0.0854 e. The average Bonchev–Trinajstić information content (AvgIpc) is 2.51. The number of hydrogen-bond acceptors (Lipinski definition) is 0. The molecule has 30 heavy (non-hydrogen) atoms. The molecular formula is C30H58. The second kappa shape index (κ2) is 9.70. The molecule has 0 saturated heterocycles. The van der Waals surface area contributed by atoms with E-state index >= 15 is 0 Å². The highest BCUT2D eigenvalue weighted by Crippen LogP contribution is 2.50. The van der Waals surface area contributed by atoms with E-state index in [4.69, 9.17) is 0 Å². The van der Waals surface area contributed by atoms with Crippen LogP contribution in [0.2, 0.25) is 0 Å². The molecule has 0 aromatic carbocycles. The van der Waals surface area contributed by atoms with Crippen LogP contribution in [0.1, 0.15) is 123 Å². The number of allylic oxidation sites excluding steroid dienone is 2. The molecule has 2 aliphatic rings. The van der Waals surface area contributed by atoms with E-state index in [1.54, 1.807) is 0 Å². The molecule has 0 amide bonds. The summed E-state index contributed by atoms with van der Waals surface area (Å²) < 4.78 is 0. The Hall–Kier alpha value is -0.260. The molecule has 1 saturated carbocycles. The van der Waals surface area contributed by atoms with Crippen LogP contribution in [0.3, 0.4) is 0 Å². The van der Waals surface area contributed by atoms with Gasteiger partial charge in [0.1, 0.15) is 0 Å². The van der Waals surface area contributed by atoms with E-state index in [9.17, 15) is 0 Å². The SMILES string of the molecule is C[C@@H]1C=CC(C(C)(C)C)C(C(C)(C)C)C1.C[C@@H]1CCC(C(C)(C)C)C(C(C)(C)C)C1. The zero-order chi connectivity index (χ0) is 23.7. The maximum atomic E-state index is 2.48. The smallest absolute Gasteiger partial charge is 0.0151 e. The Kier molecular flexibility index (Phi) is 8.98. The van der Waals surface area contributed by atoms with Crippen molar-refractivity contribution < 1.29 is 0 Å². The van der Waals surface area contributed by atoms with Crippen LogP contribution in [0.25, 0.3) is 0 Å². The lowest BCUT2D eigenvalue weighted by atomic mass is 9.57. The lowest BCUT2D eigenvalue weighted by molar-refractivity contribution is 0.0151. The van der Waals surface area contributed by atoms with Crippen molar-refractivity contribution >= 4 is 0 Å². The molecule has 0 N–H and O–H groups in total. The second-order valence-corrected chi connectivity index (χ2v) is 15.3. The normalized spacial score (nSPS) is 33.7. The van der Waals surface area contributed by atoms with E-state index in [1.165, 1.54) is 25.7 Å². The Balaban J connectivity index is 0.000000300. The third-order valence-electron chi connectivity index (χ3n) is 8.16. The monoisotopic (exact) mass is 418 g/mol. The predicted octanol–water partition coefficient (Wildman–Crippen LogP) is 10.0. The van der Waals surface area contributed by atoms with Crippen LogP contribution >= 0.6 is 0 Å². The fourth-order valence-electron chi connectivity index (χ4n) is 6.23. The highest BCUT2D eigenvalue weighted by atomic mass is 14.5. The molecular weight excluding hydrogens is 360 g/mol. The first-order valence-corrected chi connectivity index (χ1v) is 12.9. The van der Waals surface area contributed by atoms with Gasteiger partial charge in [0, 0.05) is 0 Å². The molecule has 178 valence electrons. The van der Waals surface area contributed by atoms with Gasteiger partial charge >= 0.3 is 0 Å². The molecule has 2 rings (SSSR count). The van der Waals surface area contributed by atoms with E-state index in [2.05, 4.69) is 109 Å². The minimum atomic E-state index is 0.397. The first kappa shape index (κ1) is 27.8. The topological polar surface area (TPSA) is 0 Å². The predicted molar refractivity (Wildman–Crippen MR) is 138 cm³/mol. The van der Waals surface area contributed by atoms with Crippen molar-refractivity contribution in [3.05, 3.63) is 12.2 Å². The fraction of sp³-hybridized carbons (Fsp3) is 0.933. The van der Waals surface area contributed by atoms with Crippen LogP contribution in [-0.4, -0.2) is 0 Å². The van der Waals surface area contributed by atoms with Crippen LogP contribution in [0.5, 0.6) is 0 Å². The van der Waals surface area contributed by atoms with E-state index in [-0.39, 0.29) is 0 Å². The van der Waals surface area contributed by atoms with Crippen molar-refractivity contribution in [3.63, 3.8) is 0 Å². The molecule has 0 aliphatic heterocycles. The van der Waals surface area contributed by atoms with Gasteiger partial charge in [-0.1, -0.05) is 116 Å². The molecule has 2 aliphatic carbocycles. The highest BCUT2D eigenvalue weighted by molar-refractivity contribution is 5.06. The molecule has 0 heteroatoms. The van der Waals surface area contributed by atoms with Crippen LogP contribution in [0, 0.1) is 57.2 Å². The van der Waals surface area contributed by atoms with Crippen LogP contribution in [-0.2, 0) is 0 Å². The third-order valence-corrected chi connectivity index (χ3v) is 8.16. The molecule has 0 bridgehead atoms. The summed E-state index contributed by atoms with van der Waals surface area (Å²) in [6, 6.07) is 0. The summed E-state index contributed by atoms with van der Waals surface area (Å²) in [6.45, 7) is 33.6. The summed E-state index contributed by atoms with van der Waals surface area (Å²) in [5.74, 6) is 5.06. The van der Waals surface area contributed by atoms with Crippen LogP contribution < -0.4 is 0 Å². The largest absolute Gasteiger partial charge is 0.0854 e. The van der Waals surface area contributed by atoms with Crippen molar-refractivity contribution in [1.29, 1.82) is 0 Å². The summed E-state index contributed by atoms with van der Waals surface area (Å²) in [6.07, 6.45) is 10.6. The Bertz CT molecular complexity index is 537. The van der Waals surface area contributed by atoms with Gasteiger partial charge in [0.05, 0.1) is 0 Å². The molecule has 0 aromatic rings. The van der Waals surface area contributed by atoms with Gasteiger partial charge in [-0.2, -0.15) is 0 Å². The second-order valence-electron chi connectivity index (χ2n) is 15.3. The van der Waals surface area contributed by atoms with Crippen molar-refractivity contribution in [2.24, 2.45) is 57.2 Å². The maximum absolute atomic E-state index is 2.48. The first-order chi connectivity index (χ1) is 13.2. The Labute approximate surface area is 192 Å². The fourth-order valence-corrected chi connectivity index (χ4v) is 6.23. The van der Waals surface area contributed by atoms with Gasteiger partial charge in [-0.15, -0.1) is 0 Å². The van der Waals surface area contributed by atoms with Crippen molar-refractivity contribution in [2.75, 3.05) is 0 Å². The van der Waals surface area contributed by atoms with Gasteiger partial charge in [-0.05, 0) is 76.4 Å². The summed E-state index contributed by atoms with van der Waals surface area (Å²) in [5, 5.41) is 0. The first-order valence-electron chi connectivity index (χ1n) is 12.9. The summed E-state index contributed by atoms with van der Waals surface area (Å²) in [7, 11) is 0. The standard InChI is InChI=1S/C15H30.C15H28/c2*1-11-8-9-12(14(2,3)4)13(10-11)15(5,6)7/h11-13H,8-10H2,1-7H3;8-9,11-13H,10H2,1-7H3/t2*11-,12?,13?/m11/s1. The molecule has 4 unspecified atom stereocenters. The molecule has 0 heterocycles. The Morgan fingerprint density at radius 1 is 0.500 bits per heavy atom. The van der Waals surface area contributed by atoms with Gasteiger partial charge in [0.2, 0.25) is 0 Å². The quantitative estimate of drug-likeness (QED) is 0.343. The summed E-state index contributed by atoms with van der Waals surface area (Å²) in [4.78, 5) is 0. The van der Waals surface area contributed by atoms with Gasteiger partial charge in [0.15, 0.2) is 0 Å². The van der Waals surface area contributed by atoms with Crippen LogP contribution in [0.4, 0.5) is 0 Å². The zero-order valence-corrected chi connectivity index (χ0v) is 23.4. The number of hydrogen-bond donors (Lipinski definition) is 0. The number of rotatable bonds is 0. The van der Waals surface area contributed by atoms with Crippen LogP contribution in [0.15, 0.2) is 12.2 Å². The molecule has 0 nitrogen and oxygen atoms in total. The van der Waals surface area contributed by atoms with E-state index in [0.717, 1.165) is 35.5 Å². The summed E-state index contributed by atoms with van der Waals surface area (Å²) >= 11 is 0. The van der Waals surface area contributed by atoms with Gasteiger partial charge in [-0.3, -0.25) is 0 Å². The lowest BCUT2D eigenvalue weighted by Crippen LogP contribution is -2.40. The maximum Gasteiger partial charge on any atom is -0.0151 e. The zero-order valence-electron chi connectivity index (χ0n) is 23.4. The van der Waals surface area contributed by atoms with Gasteiger partial charge in [0.25, 0.3) is 0 Å².